The van der Waals surface area contributed by atoms with Gasteiger partial charge in [-0.15, -0.1) is 5.54 Å². The van der Waals surface area contributed by atoms with Crippen molar-refractivity contribution < 1.29 is 9.53 Å². The number of halogens is 1. The largest absolute Gasteiger partial charge is 0.465 e. The average molecular weight is 343 g/mol. The summed E-state index contributed by atoms with van der Waals surface area (Å²) in [6.07, 6.45) is 0. The molecule has 0 fully saturated rings. The summed E-state index contributed by atoms with van der Waals surface area (Å²) in [5, 5.41) is 0.491. The molecular formula is C19H19ClO2Si. The van der Waals surface area contributed by atoms with Gasteiger partial charge in [0.05, 0.1) is 23.3 Å². The van der Waals surface area contributed by atoms with Gasteiger partial charge in [-0.25, -0.2) is 4.79 Å². The first-order chi connectivity index (χ1) is 10.8. The van der Waals surface area contributed by atoms with Crippen LogP contribution in [0.3, 0.4) is 0 Å². The molecule has 0 aliphatic rings. The lowest BCUT2D eigenvalue weighted by atomic mass is 9.99. The maximum absolute atomic E-state index is 12.0. The van der Waals surface area contributed by atoms with Crippen LogP contribution in [-0.4, -0.2) is 21.2 Å². The molecule has 0 bridgehead atoms. The number of hydrogen-bond acceptors (Lipinski definition) is 2. The zero-order valence-electron chi connectivity index (χ0n) is 13.7. The Bertz CT molecular complexity index is 781. The van der Waals surface area contributed by atoms with Crippen LogP contribution >= 0.6 is 11.6 Å². The Hall–Kier alpha value is -2.02. The quantitative estimate of drug-likeness (QED) is 0.435. The third-order valence-electron chi connectivity index (χ3n) is 3.19. The first-order valence-corrected chi connectivity index (χ1v) is 11.2. The number of esters is 1. The molecule has 0 aliphatic heterocycles. The van der Waals surface area contributed by atoms with Gasteiger partial charge in [0.2, 0.25) is 0 Å². The van der Waals surface area contributed by atoms with E-state index in [2.05, 4.69) is 31.1 Å². The van der Waals surface area contributed by atoms with E-state index in [-0.39, 0.29) is 0 Å². The fourth-order valence-corrected chi connectivity index (χ4v) is 2.89. The van der Waals surface area contributed by atoms with Gasteiger partial charge in [-0.3, -0.25) is 0 Å². The van der Waals surface area contributed by atoms with Crippen molar-refractivity contribution in [2.45, 2.75) is 19.6 Å². The standard InChI is InChI=1S/C19H19ClO2Si/c1-22-19(21)17-11-10-15(14-8-6-5-7-9-14)18(20)16(17)12-13-23(2,3)4/h5-11H,1-4H3. The number of hydrogen-bond donors (Lipinski definition) is 0. The summed E-state index contributed by atoms with van der Waals surface area (Å²) >= 11 is 6.58. The Morgan fingerprint density at radius 1 is 1.09 bits per heavy atom. The van der Waals surface area contributed by atoms with E-state index in [4.69, 9.17) is 16.3 Å². The van der Waals surface area contributed by atoms with Crippen LogP contribution in [0.4, 0.5) is 0 Å². The Balaban J connectivity index is 2.67. The maximum atomic E-state index is 12.0. The van der Waals surface area contributed by atoms with Crippen molar-refractivity contribution in [2.75, 3.05) is 7.11 Å². The van der Waals surface area contributed by atoms with Gasteiger partial charge >= 0.3 is 5.97 Å². The SMILES string of the molecule is COC(=O)c1ccc(-c2ccccc2)c(Cl)c1C#C[Si](C)(C)C. The van der Waals surface area contributed by atoms with Gasteiger partial charge < -0.3 is 4.74 Å². The lowest BCUT2D eigenvalue weighted by molar-refractivity contribution is 0.0600. The number of rotatable bonds is 2. The lowest BCUT2D eigenvalue weighted by Crippen LogP contribution is -2.16. The van der Waals surface area contributed by atoms with Crippen LogP contribution in [0.1, 0.15) is 15.9 Å². The minimum absolute atomic E-state index is 0.405. The summed E-state index contributed by atoms with van der Waals surface area (Å²) < 4.78 is 4.86. The zero-order chi connectivity index (χ0) is 17.0. The minimum atomic E-state index is -1.60. The molecule has 2 aromatic carbocycles. The van der Waals surface area contributed by atoms with E-state index in [1.807, 2.05) is 36.4 Å². The zero-order valence-corrected chi connectivity index (χ0v) is 15.5. The molecule has 2 aromatic rings. The summed E-state index contributed by atoms with van der Waals surface area (Å²) in [7, 11) is -0.241. The van der Waals surface area contributed by atoms with Gasteiger partial charge in [-0.2, -0.15) is 0 Å². The Morgan fingerprint density at radius 2 is 1.74 bits per heavy atom. The third kappa shape index (κ3) is 4.25. The molecule has 0 amide bonds. The monoisotopic (exact) mass is 342 g/mol. The molecule has 0 saturated carbocycles. The van der Waals surface area contributed by atoms with Crippen molar-refractivity contribution in [3.8, 4) is 22.6 Å². The first-order valence-electron chi connectivity index (χ1n) is 7.33. The van der Waals surface area contributed by atoms with E-state index < -0.39 is 14.0 Å². The summed E-state index contributed by atoms with van der Waals surface area (Å²) in [6.45, 7) is 6.44. The van der Waals surface area contributed by atoms with Crippen LogP contribution in [-0.2, 0) is 4.74 Å². The van der Waals surface area contributed by atoms with Crippen molar-refractivity contribution in [3.05, 3.63) is 58.6 Å². The van der Waals surface area contributed by atoms with Crippen molar-refractivity contribution in [1.82, 2.24) is 0 Å². The fraction of sp³-hybridized carbons (Fsp3) is 0.211. The first kappa shape index (κ1) is 17.3. The maximum Gasteiger partial charge on any atom is 0.339 e. The van der Waals surface area contributed by atoms with Crippen LogP contribution in [0.2, 0.25) is 24.7 Å². The molecule has 0 atom stereocenters. The lowest BCUT2D eigenvalue weighted by Gasteiger charge is -2.11. The third-order valence-corrected chi connectivity index (χ3v) is 4.46. The molecule has 0 saturated heterocycles. The fourth-order valence-electron chi connectivity index (χ4n) is 2.07. The molecule has 0 N–H and O–H groups in total. The van der Waals surface area contributed by atoms with Crippen molar-refractivity contribution >= 4 is 25.6 Å². The number of methoxy groups -OCH3 is 1. The van der Waals surface area contributed by atoms with Crippen LogP contribution in [0, 0.1) is 11.5 Å². The molecule has 2 rings (SSSR count). The summed E-state index contributed by atoms with van der Waals surface area (Å²) in [5.74, 6) is 2.70. The second kappa shape index (κ2) is 7.04. The van der Waals surface area contributed by atoms with Gasteiger partial charge in [0.15, 0.2) is 0 Å². The predicted octanol–water partition coefficient (Wildman–Crippen LogP) is 5.02. The van der Waals surface area contributed by atoms with Gasteiger partial charge in [-0.1, -0.05) is 73.6 Å². The van der Waals surface area contributed by atoms with Gasteiger partial charge in [0, 0.05) is 5.56 Å². The summed E-state index contributed by atoms with van der Waals surface area (Å²) in [5.41, 5.74) is 6.07. The van der Waals surface area contributed by atoms with Crippen LogP contribution in [0.15, 0.2) is 42.5 Å². The predicted molar refractivity (Wildman–Crippen MR) is 98.5 cm³/mol. The number of benzene rings is 2. The number of carbonyl (C=O) groups is 1. The highest BCUT2D eigenvalue weighted by Crippen LogP contribution is 2.32. The second-order valence-corrected chi connectivity index (χ2v) is 11.3. The van der Waals surface area contributed by atoms with E-state index in [9.17, 15) is 4.79 Å². The van der Waals surface area contributed by atoms with Gasteiger partial charge in [-0.05, 0) is 11.6 Å². The van der Waals surface area contributed by atoms with E-state index in [0.717, 1.165) is 11.1 Å². The van der Waals surface area contributed by atoms with Crippen LogP contribution in [0.5, 0.6) is 0 Å². The van der Waals surface area contributed by atoms with E-state index in [1.54, 1.807) is 6.07 Å². The molecule has 0 spiro atoms. The van der Waals surface area contributed by atoms with Crippen molar-refractivity contribution in [3.63, 3.8) is 0 Å². The molecule has 23 heavy (non-hydrogen) atoms. The molecule has 118 valence electrons. The highest BCUT2D eigenvalue weighted by Gasteiger charge is 2.18. The molecule has 0 radical (unpaired) electrons. The number of carbonyl (C=O) groups excluding carboxylic acids is 1. The van der Waals surface area contributed by atoms with Gasteiger partial charge in [0.1, 0.15) is 8.07 Å². The van der Waals surface area contributed by atoms with Crippen molar-refractivity contribution in [2.24, 2.45) is 0 Å². The Labute approximate surface area is 143 Å². The molecule has 0 heterocycles. The Kier molecular flexibility index (Phi) is 5.30. The Morgan fingerprint density at radius 3 is 2.30 bits per heavy atom. The highest BCUT2D eigenvalue weighted by atomic mass is 35.5. The summed E-state index contributed by atoms with van der Waals surface area (Å²) in [4.78, 5) is 12.0. The minimum Gasteiger partial charge on any atom is -0.465 e. The smallest absolute Gasteiger partial charge is 0.339 e. The highest BCUT2D eigenvalue weighted by molar-refractivity contribution is 6.83. The number of ether oxygens (including phenoxy) is 1. The van der Waals surface area contributed by atoms with Crippen LogP contribution in [0.25, 0.3) is 11.1 Å². The second-order valence-electron chi connectivity index (χ2n) is 6.21. The van der Waals surface area contributed by atoms with E-state index in [1.165, 1.54) is 7.11 Å². The molecule has 0 aromatic heterocycles. The molecule has 4 heteroatoms. The molecule has 0 aliphatic carbocycles. The normalized spacial score (nSPS) is 10.7. The van der Waals surface area contributed by atoms with E-state index >= 15 is 0 Å². The van der Waals surface area contributed by atoms with E-state index in [0.29, 0.717) is 16.1 Å². The topological polar surface area (TPSA) is 26.3 Å². The van der Waals surface area contributed by atoms with Crippen LogP contribution < -0.4 is 0 Å². The van der Waals surface area contributed by atoms with Crippen molar-refractivity contribution in [1.29, 1.82) is 0 Å². The molecule has 0 unspecified atom stereocenters. The molecular weight excluding hydrogens is 324 g/mol. The molecule has 2 nitrogen and oxygen atoms in total. The summed E-state index contributed by atoms with van der Waals surface area (Å²) in [6, 6.07) is 13.4. The van der Waals surface area contributed by atoms with Gasteiger partial charge in [0.25, 0.3) is 0 Å². The average Bonchev–Trinajstić information content (AvgIpc) is 2.52.